The van der Waals surface area contributed by atoms with Crippen LogP contribution < -0.4 is 5.32 Å². The van der Waals surface area contributed by atoms with E-state index < -0.39 is 23.7 Å². The second kappa shape index (κ2) is 6.42. The van der Waals surface area contributed by atoms with E-state index in [2.05, 4.69) is 5.32 Å². The Labute approximate surface area is 127 Å². The Hall–Kier alpha value is -1.98. The first-order valence-corrected chi connectivity index (χ1v) is 7.30. The zero-order valence-corrected chi connectivity index (χ0v) is 12.3. The molecule has 0 spiro atoms. The van der Waals surface area contributed by atoms with Gasteiger partial charge in [0.15, 0.2) is 0 Å². The van der Waals surface area contributed by atoms with Crippen LogP contribution in [0.3, 0.4) is 0 Å². The maximum Gasteiger partial charge on any atom is 0.310 e. The summed E-state index contributed by atoms with van der Waals surface area (Å²) in [6, 6.07) is 6.54. The topological polar surface area (TPSA) is 66.4 Å². The lowest BCUT2D eigenvalue weighted by Crippen LogP contribution is -2.31. The average Bonchev–Trinajstić information content (AvgIpc) is 2.47. The summed E-state index contributed by atoms with van der Waals surface area (Å²) in [5.74, 6) is -4.83. The normalized spacial score (nSPS) is 19.4. The summed E-state index contributed by atoms with van der Waals surface area (Å²) in [7, 11) is 0. The monoisotopic (exact) mass is 311 g/mol. The van der Waals surface area contributed by atoms with Gasteiger partial charge in [-0.05, 0) is 37.5 Å². The van der Waals surface area contributed by atoms with E-state index in [9.17, 15) is 18.4 Å². The fraction of sp³-hybridized carbons (Fsp3) is 0.500. The molecule has 0 aliphatic heterocycles. The lowest BCUT2D eigenvalue weighted by Gasteiger charge is -2.27. The van der Waals surface area contributed by atoms with Crippen molar-refractivity contribution < 1.29 is 23.5 Å². The van der Waals surface area contributed by atoms with Crippen LogP contribution in [0.25, 0.3) is 0 Å². The van der Waals surface area contributed by atoms with Crippen molar-refractivity contribution in [2.45, 2.75) is 44.4 Å². The van der Waals surface area contributed by atoms with Crippen LogP contribution in [0, 0.1) is 5.92 Å². The van der Waals surface area contributed by atoms with E-state index in [1.807, 2.05) is 0 Å². The van der Waals surface area contributed by atoms with Crippen LogP contribution in [0.1, 0.15) is 44.1 Å². The largest absolute Gasteiger partial charge is 0.481 e. The fourth-order valence-electron chi connectivity index (χ4n) is 2.54. The first kappa shape index (κ1) is 16.4. The van der Waals surface area contributed by atoms with Crippen LogP contribution in [-0.2, 0) is 9.59 Å². The van der Waals surface area contributed by atoms with Crippen molar-refractivity contribution in [2.75, 3.05) is 5.32 Å². The van der Waals surface area contributed by atoms with Crippen LogP contribution in [0.2, 0.25) is 0 Å². The first-order valence-electron chi connectivity index (χ1n) is 7.30. The van der Waals surface area contributed by atoms with Gasteiger partial charge in [-0.3, -0.25) is 9.59 Å². The third kappa shape index (κ3) is 4.02. The molecule has 0 radical (unpaired) electrons. The predicted octanol–water partition coefficient (Wildman–Crippen LogP) is 3.64. The van der Waals surface area contributed by atoms with E-state index in [0.717, 1.165) is 0 Å². The van der Waals surface area contributed by atoms with Gasteiger partial charge >= 0.3 is 5.97 Å². The number of carbonyl (C=O) groups is 2. The minimum absolute atomic E-state index is 0.187. The van der Waals surface area contributed by atoms with Gasteiger partial charge in [0, 0.05) is 24.4 Å². The lowest BCUT2D eigenvalue weighted by molar-refractivity contribution is -0.138. The van der Waals surface area contributed by atoms with Crippen molar-refractivity contribution in [2.24, 2.45) is 5.92 Å². The second-order valence-electron chi connectivity index (χ2n) is 5.80. The summed E-state index contributed by atoms with van der Waals surface area (Å²) in [6.07, 6.45) is -0.125. The zero-order valence-electron chi connectivity index (χ0n) is 12.3. The highest BCUT2D eigenvalue weighted by Crippen LogP contribution is 2.36. The molecule has 1 saturated carbocycles. The first-order chi connectivity index (χ1) is 10.3. The number of amides is 1. The summed E-state index contributed by atoms with van der Waals surface area (Å²) in [4.78, 5) is 22.9. The van der Waals surface area contributed by atoms with Gasteiger partial charge in [-0.1, -0.05) is 12.1 Å². The molecule has 0 saturated heterocycles. The molecule has 4 nitrogen and oxygen atoms in total. The molecule has 1 aliphatic carbocycles. The molecule has 1 aromatic carbocycles. The summed E-state index contributed by atoms with van der Waals surface area (Å²) < 4.78 is 26.1. The maximum atomic E-state index is 13.1. The van der Waals surface area contributed by atoms with Crippen LogP contribution >= 0.6 is 0 Å². The Kier molecular flexibility index (Phi) is 4.78. The molecular formula is C16H19F2NO3. The maximum absolute atomic E-state index is 13.1. The van der Waals surface area contributed by atoms with Crippen molar-refractivity contribution >= 4 is 17.6 Å². The number of halogens is 2. The molecule has 2 N–H and O–H groups in total. The standard InChI is InChI=1S/C16H19F2NO3/c1-10(15(21)22)11-2-4-13(5-3-11)19-14(20)12-6-8-16(17,18)9-7-12/h2-5,10,12H,6-9H2,1H3,(H,19,20)(H,21,22). The SMILES string of the molecule is CC(C(=O)O)c1ccc(NC(=O)C2CCC(F)(F)CC2)cc1. The van der Waals surface area contributed by atoms with Crippen LogP contribution in [0.15, 0.2) is 24.3 Å². The van der Waals surface area contributed by atoms with Gasteiger partial charge in [0.05, 0.1) is 5.92 Å². The number of nitrogens with one attached hydrogen (secondary N) is 1. The van der Waals surface area contributed by atoms with E-state index in [1.165, 1.54) is 0 Å². The van der Waals surface area contributed by atoms with E-state index >= 15 is 0 Å². The molecule has 120 valence electrons. The smallest absolute Gasteiger partial charge is 0.310 e. The molecule has 2 rings (SSSR count). The van der Waals surface area contributed by atoms with Gasteiger partial charge in [0.1, 0.15) is 0 Å². The van der Waals surface area contributed by atoms with Crippen LogP contribution in [0.5, 0.6) is 0 Å². The van der Waals surface area contributed by atoms with Gasteiger partial charge < -0.3 is 10.4 Å². The summed E-state index contributed by atoms with van der Waals surface area (Å²) >= 11 is 0. The highest BCUT2D eigenvalue weighted by atomic mass is 19.3. The number of hydrogen-bond acceptors (Lipinski definition) is 2. The highest BCUT2D eigenvalue weighted by Gasteiger charge is 2.37. The second-order valence-corrected chi connectivity index (χ2v) is 5.80. The van der Waals surface area contributed by atoms with Crippen molar-refractivity contribution in [3.05, 3.63) is 29.8 Å². The number of aliphatic carboxylic acids is 1. The number of rotatable bonds is 4. The number of carbonyl (C=O) groups excluding carboxylic acids is 1. The highest BCUT2D eigenvalue weighted by molar-refractivity contribution is 5.92. The molecule has 0 bridgehead atoms. The number of carboxylic acids is 1. The van der Waals surface area contributed by atoms with E-state index in [0.29, 0.717) is 11.3 Å². The Morgan fingerprint density at radius 3 is 2.27 bits per heavy atom. The molecule has 0 aromatic heterocycles. The predicted molar refractivity (Wildman–Crippen MR) is 78.0 cm³/mol. The quantitative estimate of drug-likeness (QED) is 0.892. The van der Waals surface area contributed by atoms with Crippen molar-refractivity contribution in [3.8, 4) is 0 Å². The number of alkyl halides is 2. The van der Waals surface area contributed by atoms with Crippen molar-refractivity contribution in [3.63, 3.8) is 0 Å². The lowest BCUT2D eigenvalue weighted by atomic mass is 9.86. The fourth-order valence-corrected chi connectivity index (χ4v) is 2.54. The molecule has 1 atom stereocenters. The van der Waals surface area contributed by atoms with Gasteiger partial charge in [-0.25, -0.2) is 8.78 Å². The molecule has 22 heavy (non-hydrogen) atoms. The van der Waals surface area contributed by atoms with Gasteiger partial charge in [0.2, 0.25) is 11.8 Å². The Morgan fingerprint density at radius 2 is 1.77 bits per heavy atom. The van der Waals surface area contributed by atoms with Crippen molar-refractivity contribution in [1.29, 1.82) is 0 Å². The summed E-state index contributed by atoms with van der Waals surface area (Å²) in [5, 5.41) is 11.6. The van der Waals surface area contributed by atoms with Gasteiger partial charge in [-0.2, -0.15) is 0 Å². The third-order valence-electron chi connectivity index (χ3n) is 4.14. The average molecular weight is 311 g/mol. The number of benzene rings is 1. The third-order valence-corrected chi connectivity index (χ3v) is 4.14. The molecular weight excluding hydrogens is 292 g/mol. The molecule has 1 fully saturated rings. The van der Waals surface area contributed by atoms with Crippen molar-refractivity contribution in [1.82, 2.24) is 0 Å². The molecule has 1 amide bonds. The summed E-state index contributed by atoms with van der Waals surface area (Å²) in [5.41, 5.74) is 1.19. The van der Waals surface area contributed by atoms with E-state index in [-0.39, 0.29) is 31.6 Å². The number of anilines is 1. The molecule has 1 aliphatic rings. The Balaban J connectivity index is 1.93. The van der Waals surface area contributed by atoms with E-state index in [4.69, 9.17) is 5.11 Å². The molecule has 6 heteroatoms. The number of carboxylic acid groups (broad SMARTS) is 1. The van der Waals surface area contributed by atoms with Gasteiger partial charge in [0.25, 0.3) is 0 Å². The minimum Gasteiger partial charge on any atom is -0.481 e. The molecule has 1 unspecified atom stereocenters. The van der Waals surface area contributed by atoms with Crippen LogP contribution in [-0.4, -0.2) is 22.9 Å². The van der Waals surface area contributed by atoms with Gasteiger partial charge in [-0.15, -0.1) is 0 Å². The van der Waals surface area contributed by atoms with E-state index in [1.54, 1.807) is 31.2 Å². The zero-order chi connectivity index (χ0) is 16.3. The summed E-state index contributed by atoms with van der Waals surface area (Å²) in [6.45, 7) is 1.58. The number of hydrogen-bond donors (Lipinski definition) is 2. The Morgan fingerprint density at radius 1 is 1.23 bits per heavy atom. The Bertz CT molecular complexity index is 547. The molecule has 0 heterocycles. The minimum atomic E-state index is -2.65. The van der Waals surface area contributed by atoms with Crippen LogP contribution in [0.4, 0.5) is 14.5 Å². The molecule has 1 aromatic rings.